The third kappa shape index (κ3) is 7.33. The highest BCUT2D eigenvalue weighted by molar-refractivity contribution is 6.34. The van der Waals surface area contributed by atoms with E-state index in [1.807, 2.05) is 0 Å². The SMILES string of the molecule is Cc1[nH]c(/C=C2\C(=O)Nc3ccc(F)cc32)c(C)c1C(=O)NCCCCCCN=C(NC#N)Nc1ccnc(F)c1. The summed E-state index contributed by atoms with van der Waals surface area (Å²) >= 11 is 0. The summed E-state index contributed by atoms with van der Waals surface area (Å²) in [5.41, 5.74) is 4.30. The molecule has 0 aliphatic carbocycles. The molecule has 2 amide bonds. The number of nitriles is 1. The van der Waals surface area contributed by atoms with Crippen LogP contribution in [0.25, 0.3) is 11.6 Å². The number of halogens is 2. The molecule has 1 aliphatic rings. The molecule has 212 valence electrons. The number of aliphatic imine (C=N–C) groups is 1. The van der Waals surface area contributed by atoms with Crippen molar-refractivity contribution in [3.63, 3.8) is 0 Å². The number of carbonyl (C=O) groups is 2. The molecular weight excluding hydrogens is 530 g/mol. The third-order valence-electron chi connectivity index (χ3n) is 6.56. The van der Waals surface area contributed by atoms with Crippen LogP contribution < -0.4 is 21.3 Å². The van der Waals surface area contributed by atoms with Gasteiger partial charge in [0, 0.05) is 53.7 Å². The number of rotatable bonds is 10. The van der Waals surface area contributed by atoms with Gasteiger partial charge in [-0.2, -0.15) is 9.65 Å². The van der Waals surface area contributed by atoms with Crippen molar-refractivity contribution < 1.29 is 18.4 Å². The number of unbranched alkanes of at least 4 members (excludes halogenated alkanes) is 3. The molecule has 0 bridgehead atoms. The van der Waals surface area contributed by atoms with Crippen LogP contribution in [0, 0.1) is 37.1 Å². The Kier molecular flexibility index (Phi) is 9.42. The number of guanidine groups is 1. The second-order valence-corrected chi connectivity index (χ2v) is 9.50. The van der Waals surface area contributed by atoms with E-state index < -0.39 is 11.8 Å². The fourth-order valence-corrected chi connectivity index (χ4v) is 4.56. The Labute approximate surface area is 236 Å². The van der Waals surface area contributed by atoms with Crippen LogP contribution >= 0.6 is 0 Å². The number of nitrogens with one attached hydrogen (secondary N) is 5. The van der Waals surface area contributed by atoms with Crippen LogP contribution in [0.4, 0.5) is 20.2 Å². The number of fused-ring (bicyclic) bond motifs is 1. The Bertz CT molecular complexity index is 1550. The molecular formula is C29H30F2N8O2. The Morgan fingerprint density at radius 3 is 2.73 bits per heavy atom. The van der Waals surface area contributed by atoms with Crippen molar-refractivity contribution in [3.05, 3.63) is 76.4 Å². The minimum absolute atomic E-state index is 0.210. The maximum absolute atomic E-state index is 13.8. The van der Waals surface area contributed by atoms with Gasteiger partial charge in [0.05, 0.1) is 11.1 Å². The smallest absolute Gasteiger partial charge is 0.256 e. The summed E-state index contributed by atoms with van der Waals surface area (Å²) in [6.45, 7) is 4.56. The molecule has 4 rings (SSSR count). The van der Waals surface area contributed by atoms with Crippen LogP contribution in [0.2, 0.25) is 0 Å². The van der Waals surface area contributed by atoms with Crippen molar-refractivity contribution in [2.45, 2.75) is 39.5 Å². The lowest BCUT2D eigenvalue weighted by atomic mass is 10.0. The van der Waals surface area contributed by atoms with Crippen molar-refractivity contribution in [2.75, 3.05) is 23.7 Å². The van der Waals surface area contributed by atoms with E-state index in [1.165, 1.54) is 30.5 Å². The second kappa shape index (κ2) is 13.3. The number of carbonyl (C=O) groups excluding carboxylic acids is 2. The fraction of sp³-hybridized carbons (Fsp3) is 0.276. The number of benzene rings is 1. The molecule has 0 atom stereocenters. The predicted molar refractivity (Wildman–Crippen MR) is 153 cm³/mol. The molecule has 0 spiro atoms. The molecule has 0 fully saturated rings. The van der Waals surface area contributed by atoms with Crippen LogP contribution in [0.1, 0.15) is 58.6 Å². The maximum Gasteiger partial charge on any atom is 0.256 e. The molecule has 0 radical (unpaired) electrons. The number of anilines is 2. The van der Waals surface area contributed by atoms with Crippen LogP contribution in [-0.4, -0.2) is 40.8 Å². The lowest BCUT2D eigenvalue weighted by Crippen LogP contribution is -2.27. The first kappa shape index (κ1) is 28.9. The summed E-state index contributed by atoms with van der Waals surface area (Å²) in [4.78, 5) is 36.4. The molecule has 5 N–H and O–H groups in total. The van der Waals surface area contributed by atoms with Crippen molar-refractivity contribution >= 4 is 40.8 Å². The van der Waals surface area contributed by atoms with Gasteiger partial charge in [0.15, 0.2) is 6.19 Å². The molecule has 0 saturated heterocycles. The van der Waals surface area contributed by atoms with Gasteiger partial charge in [-0.15, -0.1) is 0 Å². The third-order valence-corrected chi connectivity index (χ3v) is 6.56. The Morgan fingerprint density at radius 2 is 1.95 bits per heavy atom. The van der Waals surface area contributed by atoms with E-state index in [-0.39, 0.29) is 17.8 Å². The van der Waals surface area contributed by atoms with Gasteiger partial charge in [0.1, 0.15) is 5.82 Å². The molecule has 12 heteroatoms. The van der Waals surface area contributed by atoms with Gasteiger partial charge in [-0.05, 0) is 62.6 Å². The quantitative estimate of drug-likeness (QED) is 0.0465. The largest absolute Gasteiger partial charge is 0.358 e. The highest BCUT2D eigenvalue weighted by atomic mass is 19.1. The number of H-pyrrole nitrogens is 1. The number of aromatic nitrogens is 2. The van der Waals surface area contributed by atoms with Crippen LogP contribution in [0.5, 0.6) is 0 Å². The zero-order valence-electron chi connectivity index (χ0n) is 22.7. The summed E-state index contributed by atoms with van der Waals surface area (Å²) in [5.74, 6) is -1.39. The van der Waals surface area contributed by atoms with Gasteiger partial charge in [-0.25, -0.2) is 9.37 Å². The lowest BCUT2D eigenvalue weighted by Gasteiger charge is -2.08. The maximum atomic E-state index is 13.8. The van der Waals surface area contributed by atoms with E-state index in [9.17, 15) is 18.4 Å². The Balaban J connectivity index is 1.24. The molecule has 41 heavy (non-hydrogen) atoms. The van der Waals surface area contributed by atoms with Crippen molar-refractivity contribution in [1.82, 2.24) is 20.6 Å². The standard InChI is InChI=1S/C29H30F2N8O2/c1-17-24(15-22-21-13-19(30)7-8-23(21)39-27(22)40)37-18(2)26(17)28(41)34-10-5-3-4-6-11-35-29(36-16-32)38-20-9-12-33-25(31)14-20/h7-9,12-15,37H,3-6,10-11H2,1-2H3,(H,34,41)(H,39,40)(H2,33,35,36,38)/b22-15-. The molecule has 3 heterocycles. The molecule has 0 saturated carbocycles. The molecule has 1 aromatic carbocycles. The summed E-state index contributed by atoms with van der Waals surface area (Å²) in [7, 11) is 0. The molecule has 3 aromatic rings. The van der Waals surface area contributed by atoms with E-state index in [2.05, 4.69) is 36.2 Å². The molecule has 2 aromatic heterocycles. The second-order valence-electron chi connectivity index (χ2n) is 9.50. The number of amides is 2. The van der Waals surface area contributed by atoms with E-state index in [1.54, 1.807) is 32.2 Å². The van der Waals surface area contributed by atoms with Gasteiger partial charge < -0.3 is 20.9 Å². The first-order valence-corrected chi connectivity index (χ1v) is 13.1. The van der Waals surface area contributed by atoms with Crippen LogP contribution in [-0.2, 0) is 4.79 Å². The molecule has 0 unspecified atom stereocenters. The van der Waals surface area contributed by atoms with Crippen molar-refractivity contribution in [2.24, 2.45) is 4.99 Å². The van der Waals surface area contributed by atoms with Gasteiger partial charge in [0.25, 0.3) is 11.8 Å². The zero-order chi connectivity index (χ0) is 29.4. The average Bonchev–Trinajstić information content (AvgIpc) is 3.39. The minimum Gasteiger partial charge on any atom is -0.358 e. The van der Waals surface area contributed by atoms with Gasteiger partial charge in [0.2, 0.25) is 11.9 Å². The monoisotopic (exact) mass is 560 g/mol. The predicted octanol–water partition coefficient (Wildman–Crippen LogP) is 4.63. The number of hydrogen-bond donors (Lipinski definition) is 5. The first-order valence-electron chi connectivity index (χ1n) is 13.1. The summed E-state index contributed by atoms with van der Waals surface area (Å²) in [6.07, 6.45) is 8.04. The number of pyridine rings is 1. The van der Waals surface area contributed by atoms with Crippen molar-refractivity contribution in [3.8, 4) is 6.19 Å². The number of aromatic amines is 1. The Morgan fingerprint density at radius 1 is 1.15 bits per heavy atom. The summed E-state index contributed by atoms with van der Waals surface area (Å²) in [5, 5.41) is 19.9. The summed E-state index contributed by atoms with van der Waals surface area (Å²) < 4.78 is 27.0. The lowest BCUT2D eigenvalue weighted by molar-refractivity contribution is -0.110. The minimum atomic E-state index is -0.639. The van der Waals surface area contributed by atoms with Gasteiger partial charge in [-0.1, -0.05) is 12.8 Å². The van der Waals surface area contributed by atoms with Crippen LogP contribution in [0.3, 0.4) is 0 Å². The number of nitrogens with zero attached hydrogens (tertiary/aromatic N) is 3. The van der Waals surface area contributed by atoms with Gasteiger partial charge in [-0.3, -0.25) is 19.9 Å². The summed E-state index contributed by atoms with van der Waals surface area (Å²) in [6, 6.07) is 6.90. The highest BCUT2D eigenvalue weighted by Gasteiger charge is 2.26. The normalized spacial score (nSPS) is 13.5. The average molecular weight is 561 g/mol. The van der Waals surface area contributed by atoms with E-state index in [4.69, 9.17) is 5.26 Å². The van der Waals surface area contributed by atoms with Crippen molar-refractivity contribution in [1.29, 1.82) is 5.26 Å². The zero-order valence-corrected chi connectivity index (χ0v) is 22.7. The molecule has 1 aliphatic heterocycles. The van der Waals surface area contributed by atoms with E-state index >= 15 is 0 Å². The molecule has 10 nitrogen and oxygen atoms in total. The van der Waals surface area contributed by atoms with E-state index in [0.717, 1.165) is 25.7 Å². The Hall–Kier alpha value is -5.05. The number of aryl methyl sites for hydroxylation is 1. The topological polar surface area (TPSA) is 147 Å². The first-order chi connectivity index (χ1) is 19.8. The van der Waals surface area contributed by atoms with Crippen LogP contribution in [0.15, 0.2) is 41.5 Å². The highest BCUT2D eigenvalue weighted by Crippen LogP contribution is 2.34. The van der Waals surface area contributed by atoms with Gasteiger partial charge >= 0.3 is 0 Å². The van der Waals surface area contributed by atoms with E-state index in [0.29, 0.717) is 58.1 Å². The number of hydrogen-bond acceptors (Lipinski definition) is 5. The fourth-order valence-electron chi connectivity index (χ4n) is 4.56.